The molecule has 2 fully saturated rings. The van der Waals surface area contributed by atoms with Crippen molar-refractivity contribution >= 4 is 5.96 Å². The third-order valence-corrected chi connectivity index (χ3v) is 5.54. The van der Waals surface area contributed by atoms with Crippen molar-refractivity contribution in [1.29, 1.82) is 0 Å². The van der Waals surface area contributed by atoms with Crippen LogP contribution in [0.2, 0.25) is 0 Å². The molecule has 0 unspecified atom stereocenters. The maximum atomic E-state index is 4.41. The van der Waals surface area contributed by atoms with Crippen LogP contribution in [0.5, 0.6) is 0 Å². The highest BCUT2D eigenvalue weighted by atomic mass is 15.2. The maximum absolute atomic E-state index is 4.41. The lowest BCUT2D eigenvalue weighted by molar-refractivity contribution is 0.198. The minimum Gasteiger partial charge on any atom is -0.356 e. The summed E-state index contributed by atoms with van der Waals surface area (Å²) >= 11 is 0. The van der Waals surface area contributed by atoms with Crippen molar-refractivity contribution in [2.75, 3.05) is 46.3 Å². The largest absolute Gasteiger partial charge is 0.356 e. The zero-order valence-corrected chi connectivity index (χ0v) is 16.3. The van der Waals surface area contributed by atoms with Crippen molar-refractivity contribution in [3.63, 3.8) is 0 Å². The summed E-state index contributed by atoms with van der Waals surface area (Å²) < 4.78 is 0. The quantitative estimate of drug-likeness (QED) is 0.446. The summed E-state index contributed by atoms with van der Waals surface area (Å²) in [5.74, 6) is 0.966. The van der Waals surface area contributed by atoms with Crippen molar-refractivity contribution in [3.8, 4) is 0 Å². The second-order valence-corrected chi connectivity index (χ2v) is 7.58. The first-order chi connectivity index (χ1) is 12.8. The highest BCUT2D eigenvalue weighted by Gasteiger charge is 2.20. The molecule has 0 aliphatic carbocycles. The highest BCUT2D eigenvalue weighted by molar-refractivity contribution is 5.79. The van der Waals surface area contributed by atoms with Gasteiger partial charge in [0.25, 0.3) is 0 Å². The van der Waals surface area contributed by atoms with Crippen molar-refractivity contribution in [2.45, 2.75) is 44.7 Å². The van der Waals surface area contributed by atoms with Gasteiger partial charge in [-0.1, -0.05) is 30.3 Å². The number of rotatable bonds is 7. The fourth-order valence-electron chi connectivity index (χ4n) is 3.98. The molecule has 1 aromatic carbocycles. The van der Waals surface area contributed by atoms with Crippen molar-refractivity contribution in [3.05, 3.63) is 35.9 Å². The molecule has 0 aromatic heterocycles. The number of benzene rings is 1. The monoisotopic (exact) mass is 357 g/mol. The van der Waals surface area contributed by atoms with Crippen LogP contribution in [0.4, 0.5) is 0 Å². The van der Waals surface area contributed by atoms with Crippen LogP contribution >= 0.6 is 0 Å². The zero-order valence-electron chi connectivity index (χ0n) is 16.3. The summed E-state index contributed by atoms with van der Waals surface area (Å²) in [7, 11) is 1.88. The van der Waals surface area contributed by atoms with Gasteiger partial charge >= 0.3 is 0 Å². The fraction of sp³-hybridized carbons (Fsp3) is 0.667. The van der Waals surface area contributed by atoms with E-state index in [1.54, 1.807) is 0 Å². The van der Waals surface area contributed by atoms with Crippen LogP contribution in [-0.2, 0) is 6.54 Å². The summed E-state index contributed by atoms with van der Waals surface area (Å²) in [5, 5.41) is 7.11. The van der Waals surface area contributed by atoms with Gasteiger partial charge in [-0.25, -0.2) is 0 Å². The molecule has 2 saturated heterocycles. The first-order valence-electron chi connectivity index (χ1n) is 10.3. The van der Waals surface area contributed by atoms with E-state index >= 15 is 0 Å². The predicted octanol–water partition coefficient (Wildman–Crippen LogP) is 2.30. The second kappa shape index (κ2) is 10.5. The van der Waals surface area contributed by atoms with Gasteiger partial charge in [-0.05, 0) is 57.3 Å². The second-order valence-electron chi connectivity index (χ2n) is 7.58. The average molecular weight is 358 g/mol. The molecule has 2 N–H and O–H groups in total. The van der Waals surface area contributed by atoms with Crippen LogP contribution in [0.25, 0.3) is 0 Å². The summed E-state index contributed by atoms with van der Waals surface area (Å²) in [6.07, 6.45) is 6.30. The molecule has 144 valence electrons. The molecule has 5 heteroatoms. The molecule has 2 aliphatic heterocycles. The molecule has 0 bridgehead atoms. The van der Waals surface area contributed by atoms with E-state index in [9.17, 15) is 0 Å². The van der Waals surface area contributed by atoms with Gasteiger partial charge in [-0.3, -0.25) is 9.89 Å². The van der Waals surface area contributed by atoms with Gasteiger partial charge in [0.1, 0.15) is 0 Å². The number of hydrogen-bond acceptors (Lipinski definition) is 3. The summed E-state index contributed by atoms with van der Waals surface area (Å²) in [4.78, 5) is 9.53. The van der Waals surface area contributed by atoms with Gasteiger partial charge in [0.15, 0.2) is 5.96 Å². The van der Waals surface area contributed by atoms with E-state index in [1.807, 2.05) is 7.05 Å². The van der Waals surface area contributed by atoms with E-state index < -0.39 is 0 Å². The smallest absolute Gasteiger partial charge is 0.191 e. The molecule has 0 spiro atoms. The normalized spacial score (nSPS) is 20.4. The molecule has 0 atom stereocenters. The molecular weight excluding hydrogens is 322 g/mol. The van der Waals surface area contributed by atoms with Gasteiger partial charge in [0.2, 0.25) is 0 Å². The van der Waals surface area contributed by atoms with Crippen molar-refractivity contribution < 1.29 is 0 Å². The van der Waals surface area contributed by atoms with Gasteiger partial charge in [0.05, 0.1) is 0 Å². The number of nitrogens with zero attached hydrogens (tertiary/aromatic N) is 3. The molecule has 0 saturated carbocycles. The Balaban J connectivity index is 1.30. The Morgan fingerprint density at radius 3 is 2.46 bits per heavy atom. The summed E-state index contributed by atoms with van der Waals surface area (Å²) in [6.45, 7) is 8.15. The molecule has 3 rings (SSSR count). The lowest BCUT2D eigenvalue weighted by atomic mass is 10.0. The van der Waals surface area contributed by atoms with Gasteiger partial charge < -0.3 is 15.5 Å². The number of hydrogen-bond donors (Lipinski definition) is 2. The van der Waals surface area contributed by atoms with Gasteiger partial charge in [-0.15, -0.1) is 0 Å². The summed E-state index contributed by atoms with van der Waals surface area (Å²) in [6, 6.07) is 11.3. The van der Waals surface area contributed by atoms with Crippen molar-refractivity contribution in [2.24, 2.45) is 4.99 Å². The predicted molar refractivity (Wildman–Crippen MR) is 110 cm³/mol. The van der Waals surface area contributed by atoms with E-state index in [4.69, 9.17) is 0 Å². The maximum Gasteiger partial charge on any atom is 0.191 e. The van der Waals surface area contributed by atoms with E-state index in [1.165, 1.54) is 57.3 Å². The Hall–Kier alpha value is -1.59. The van der Waals surface area contributed by atoms with E-state index in [0.717, 1.165) is 32.1 Å². The standard InChI is InChI=1S/C21H35N5/c1-22-21(23-12-7-15-25-13-5-6-14-25)24-20-10-16-26(17-11-20)18-19-8-3-2-4-9-19/h2-4,8-9,20H,5-7,10-18H2,1H3,(H2,22,23,24). The molecule has 2 heterocycles. The zero-order chi connectivity index (χ0) is 18.0. The number of nitrogens with one attached hydrogen (secondary N) is 2. The molecule has 0 amide bonds. The molecule has 5 nitrogen and oxygen atoms in total. The Labute approximate surface area is 158 Å². The van der Waals surface area contributed by atoms with Crippen LogP contribution in [-0.4, -0.2) is 68.1 Å². The highest BCUT2D eigenvalue weighted by Crippen LogP contribution is 2.13. The molecule has 26 heavy (non-hydrogen) atoms. The number of aliphatic imine (C=N–C) groups is 1. The molecular formula is C21H35N5. The number of piperidine rings is 1. The molecule has 1 aromatic rings. The first-order valence-corrected chi connectivity index (χ1v) is 10.3. The third-order valence-electron chi connectivity index (χ3n) is 5.54. The Kier molecular flexibility index (Phi) is 7.77. The fourth-order valence-corrected chi connectivity index (χ4v) is 3.98. The molecule has 2 aliphatic rings. The average Bonchev–Trinajstić information content (AvgIpc) is 3.20. The topological polar surface area (TPSA) is 42.9 Å². The number of guanidine groups is 1. The van der Waals surface area contributed by atoms with Crippen LogP contribution < -0.4 is 10.6 Å². The lowest BCUT2D eigenvalue weighted by Crippen LogP contribution is -2.48. The third kappa shape index (κ3) is 6.29. The van der Waals surface area contributed by atoms with E-state index in [2.05, 4.69) is 55.8 Å². The summed E-state index contributed by atoms with van der Waals surface area (Å²) in [5.41, 5.74) is 1.41. The van der Waals surface area contributed by atoms with E-state index in [0.29, 0.717) is 6.04 Å². The minimum absolute atomic E-state index is 0.534. The Morgan fingerprint density at radius 1 is 1.04 bits per heavy atom. The Morgan fingerprint density at radius 2 is 1.77 bits per heavy atom. The van der Waals surface area contributed by atoms with Gasteiger partial charge in [-0.2, -0.15) is 0 Å². The van der Waals surface area contributed by atoms with E-state index in [-0.39, 0.29) is 0 Å². The molecule has 0 radical (unpaired) electrons. The van der Waals surface area contributed by atoms with Gasteiger partial charge in [0, 0.05) is 39.3 Å². The minimum atomic E-state index is 0.534. The van der Waals surface area contributed by atoms with Crippen molar-refractivity contribution in [1.82, 2.24) is 20.4 Å². The van der Waals surface area contributed by atoms with Crippen LogP contribution in [0, 0.1) is 0 Å². The van der Waals surface area contributed by atoms with Crippen LogP contribution in [0.3, 0.4) is 0 Å². The SMILES string of the molecule is CN=C(NCCCN1CCCC1)NC1CCN(Cc2ccccc2)CC1. The van der Waals surface area contributed by atoms with Crippen LogP contribution in [0.1, 0.15) is 37.7 Å². The lowest BCUT2D eigenvalue weighted by Gasteiger charge is -2.33. The van der Waals surface area contributed by atoms with Crippen LogP contribution in [0.15, 0.2) is 35.3 Å². The first kappa shape index (κ1) is 19.2. The number of likely N-dealkylation sites (tertiary alicyclic amines) is 2. The Bertz CT molecular complexity index is 531.